The van der Waals surface area contributed by atoms with Crippen LogP contribution in [0.5, 0.6) is 0 Å². The predicted molar refractivity (Wildman–Crippen MR) is 76.0 cm³/mol. The second-order valence-electron chi connectivity index (χ2n) is 4.87. The van der Waals surface area contributed by atoms with E-state index in [1.165, 1.54) is 0 Å². The lowest BCUT2D eigenvalue weighted by Crippen LogP contribution is -2.48. The number of hydrogen-bond donors (Lipinski definition) is 2. The molecule has 0 saturated heterocycles. The van der Waals surface area contributed by atoms with E-state index < -0.39 is 0 Å². The number of nitrogens with one attached hydrogen (secondary N) is 1. The van der Waals surface area contributed by atoms with E-state index in [0.717, 1.165) is 35.3 Å². The Morgan fingerprint density at radius 3 is 2.44 bits per heavy atom. The largest absolute Gasteiger partial charge is 0.394 e. The summed E-state index contributed by atoms with van der Waals surface area (Å²) in [6, 6.07) is 1.96. The fourth-order valence-corrected chi connectivity index (χ4v) is 2.62. The van der Waals surface area contributed by atoms with Crippen LogP contribution in [0.15, 0.2) is 11.2 Å². The van der Waals surface area contributed by atoms with Crippen molar-refractivity contribution in [2.75, 3.05) is 18.9 Å². The molecule has 18 heavy (non-hydrogen) atoms. The normalized spacial score (nSPS) is 14.5. The van der Waals surface area contributed by atoms with Gasteiger partial charge >= 0.3 is 0 Å². The molecule has 0 fully saturated rings. The number of aryl methyl sites for hydroxylation is 2. The van der Waals surface area contributed by atoms with Crippen molar-refractivity contribution in [2.24, 2.45) is 0 Å². The maximum Gasteiger partial charge on any atom is 0.188 e. The Kier molecular flexibility index (Phi) is 6.05. The first-order valence-corrected chi connectivity index (χ1v) is 7.28. The zero-order valence-corrected chi connectivity index (χ0v) is 12.5. The summed E-state index contributed by atoms with van der Waals surface area (Å²) in [5.41, 5.74) is 1.69. The monoisotopic (exact) mass is 269 g/mol. The molecule has 0 radical (unpaired) electrons. The molecule has 4 nitrogen and oxygen atoms in total. The van der Waals surface area contributed by atoms with Gasteiger partial charge in [-0.05, 0) is 39.8 Å². The van der Waals surface area contributed by atoms with E-state index in [-0.39, 0.29) is 12.1 Å². The number of aliphatic hydroxyl groups is 1. The highest BCUT2D eigenvalue weighted by molar-refractivity contribution is 7.99. The van der Waals surface area contributed by atoms with Crippen molar-refractivity contribution in [3.05, 3.63) is 17.5 Å². The summed E-state index contributed by atoms with van der Waals surface area (Å²) in [6.45, 7) is 9.11. The van der Waals surface area contributed by atoms with Crippen LogP contribution in [0, 0.1) is 13.8 Å². The highest BCUT2D eigenvalue weighted by Gasteiger charge is 2.23. The zero-order chi connectivity index (χ0) is 13.6. The third kappa shape index (κ3) is 4.92. The molecule has 0 saturated carbocycles. The van der Waals surface area contributed by atoms with Crippen LogP contribution in [0.3, 0.4) is 0 Å². The molecule has 0 amide bonds. The SMILES string of the molecule is CCCNC(C)(CO)CSc1nc(C)cc(C)n1. The number of aromatic nitrogens is 2. The summed E-state index contributed by atoms with van der Waals surface area (Å²) in [4.78, 5) is 8.79. The first-order chi connectivity index (χ1) is 8.49. The van der Waals surface area contributed by atoms with Gasteiger partial charge in [0, 0.05) is 22.7 Å². The third-order valence-corrected chi connectivity index (χ3v) is 3.85. The third-order valence-electron chi connectivity index (χ3n) is 2.63. The van der Waals surface area contributed by atoms with Crippen LogP contribution in [0.2, 0.25) is 0 Å². The Bertz CT molecular complexity index is 366. The van der Waals surface area contributed by atoms with Gasteiger partial charge in [0.15, 0.2) is 5.16 Å². The van der Waals surface area contributed by atoms with Crippen molar-refractivity contribution < 1.29 is 5.11 Å². The van der Waals surface area contributed by atoms with Crippen molar-refractivity contribution >= 4 is 11.8 Å². The maximum absolute atomic E-state index is 9.48. The van der Waals surface area contributed by atoms with Crippen LogP contribution in [0.25, 0.3) is 0 Å². The average Bonchev–Trinajstić information content (AvgIpc) is 2.33. The second-order valence-corrected chi connectivity index (χ2v) is 5.81. The van der Waals surface area contributed by atoms with Crippen LogP contribution in [0.4, 0.5) is 0 Å². The molecule has 1 rings (SSSR count). The Hall–Kier alpha value is -0.650. The standard InChI is InChI=1S/C13H23N3OS/c1-5-6-14-13(4,8-17)9-18-12-15-10(2)7-11(3)16-12/h7,14,17H,5-6,8-9H2,1-4H3. The van der Waals surface area contributed by atoms with Gasteiger partial charge in [0.2, 0.25) is 0 Å². The van der Waals surface area contributed by atoms with Crippen molar-refractivity contribution in [1.29, 1.82) is 0 Å². The van der Waals surface area contributed by atoms with Crippen molar-refractivity contribution in [3.63, 3.8) is 0 Å². The molecule has 0 aliphatic heterocycles. The van der Waals surface area contributed by atoms with Crippen LogP contribution >= 0.6 is 11.8 Å². The van der Waals surface area contributed by atoms with Gasteiger partial charge < -0.3 is 10.4 Å². The molecular formula is C13H23N3OS. The number of rotatable bonds is 7. The molecule has 1 aromatic heterocycles. The van der Waals surface area contributed by atoms with Crippen LogP contribution < -0.4 is 5.32 Å². The Balaban J connectivity index is 2.61. The minimum Gasteiger partial charge on any atom is -0.394 e. The summed E-state index contributed by atoms with van der Waals surface area (Å²) in [5, 5.41) is 13.6. The molecule has 0 spiro atoms. The molecular weight excluding hydrogens is 246 g/mol. The van der Waals surface area contributed by atoms with E-state index in [4.69, 9.17) is 0 Å². The van der Waals surface area contributed by atoms with E-state index >= 15 is 0 Å². The molecule has 1 atom stereocenters. The van der Waals surface area contributed by atoms with Crippen LogP contribution in [0.1, 0.15) is 31.7 Å². The zero-order valence-electron chi connectivity index (χ0n) is 11.7. The fraction of sp³-hybridized carbons (Fsp3) is 0.692. The van der Waals surface area contributed by atoms with E-state index in [0.29, 0.717) is 0 Å². The first kappa shape index (κ1) is 15.4. The molecule has 0 aliphatic carbocycles. The van der Waals surface area contributed by atoms with Gasteiger partial charge in [-0.25, -0.2) is 9.97 Å². The van der Waals surface area contributed by atoms with E-state index in [9.17, 15) is 5.11 Å². The van der Waals surface area contributed by atoms with Gasteiger partial charge in [-0.15, -0.1) is 0 Å². The molecule has 1 heterocycles. The summed E-state index contributed by atoms with van der Waals surface area (Å²) in [6.07, 6.45) is 1.06. The molecule has 0 aliphatic rings. The van der Waals surface area contributed by atoms with Gasteiger partial charge in [0.25, 0.3) is 0 Å². The highest BCUT2D eigenvalue weighted by Crippen LogP contribution is 2.20. The lowest BCUT2D eigenvalue weighted by molar-refractivity contribution is 0.192. The predicted octanol–water partition coefficient (Wildman–Crippen LogP) is 1.94. The van der Waals surface area contributed by atoms with Gasteiger partial charge in [-0.3, -0.25) is 0 Å². The van der Waals surface area contributed by atoms with Gasteiger partial charge in [0.1, 0.15) is 0 Å². The van der Waals surface area contributed by atoms with E-state index in [1.807, 2.05) is 26.8 Å². The summed E-state index contributed by atoms with van der Waals surface area (Å²) in [7, 11) is 0. The number of aliphatic hydroxyl groups excluding tert-OH is 1. The quantitative estimate of drug-likeness (QED) is 0.585. The molecule has 2 N–H and O–H groups in total. The molecule has 0 bridgehead atoms. The van der Waals surface area contributed by atoms with Gasteiger partial charge in [-0.1, -0.05) is 18.7 Å². The molecule has 1 unspecified atom stereocenters. The molecule has 102 valence electrons. The Labute approximate surface area is 114 Å². The number of thioether (sulfide) groups is 1. The number of nitrogens with zero attached hydrogens (tertiary/aromatic N) is 2. The van der Waals surface area contributed by atoms with Crippen molar-refractivity contribution in [1.82, 2.24) is 15.3 Å². The highest BCUT2D eigenvalue weighted by atomic mass is 32.2. The Morgan fingerprint density at radius 1 is 1.33 bits per heavy atom. The summed E-state index contributed by atoms with van der Waals surface area (Å²) >= 11 is 1.59. The summed E-state index contributed by atoms with van der Waals surface area (Å²) < 4.78 is 0. The minimum atomic E-state index is -0.276. The maximum atomic E-state index is 9.48. The topological polar surface area (TPSA) is 58.0 Å². The van der Waals surface area contributed by atoms with Crippen molar-refractivity contribution in [3.8, 4) is 0 Å². The second kappa shape index (κ2) is 7.07. The van der Waals surface area contributed by atoms with Gasteiger partial charge in [-0.2, -0.15) is 0 Å². The van der Waals surface area contributed by atoms with E-state index in [2.05, 4.69) is 22.2 Å². The van der Waals surface area contributed by atoms with Crippen LogP contribution in [-0.2, 0) is 0 Å². The lowest BCUT2D eigenvalue weighted by Gasteiger charge is -2.28. The van der Waals surface area contributed by atoms with E-state index in [1.54, 1.807) is 11.8 Å². The lowest BCUT2D eigenvalue weighted by atomic mass is 10.1. The number of hydrogen-bond acceptors (Lipinski definition) is 5. The average molecular weight is 269 g/mol. The molecule has 5 heteroatoms. The smallest absolute Gasteiger partial charge is 0.188 e. The van der Waals surface area contributed by atoms with Crippen molar-refractivity contribution in [2.45, 2.75) is 44.8 Å². The van der Waals surface area contributed by atoms with Crippen LogP contribution in [-0.4, -0.2) is 39.5 Å². The first-order valence-electron chi connectivity index (χ1n) is 6.30. The van der Waals surface area contributed by atoms with Gasteiger partial charge in [0.05, 0.1) is 6.61 Å². The molecule has 1 aromatic rings. The Morgan fingerprint density at radius 2 is 1.94 bits per heavy atom. The summed E-state index contributed by atoms with van der Waals surface area (Å²) in [5.74, 6) is 0.756. The minimum absolute atomic E-state index is 0.116. The molecule has 0 aromatic carbocycles. The fourth-order valence-electron chi connectivity index (χ4n) is 1.56.